The number of hydrogen-bond donors (Lipinski definition) is 0. The van der Waals surface area contributed by atoms with Gasteiger partial charge in [0.05, 0.1) is 6.61 Å². The van der Waals surface area contributed by atoms with E-state index >= 15 is 0 Å². The number of rotatable bonds is 4. The SMILES string of the molecule is CCOC=O.Cc1cc([C@@H]2CC[C@H](C)C2)nc(S(C)(=O)=O)n1. The lowest BCUT2D eigenvalue weighted by molar-refractivity contribution is -0.128. The zero-order chi connectivity index (χ0) is 16.8. The first-order valence-corrected chi connectivity index (χ1v) is 9.28. The van der Waals surface area contributed by atoms with E-state index in [0.717, 1.165) is 30.5 Å². The van der Waals surface area contributed by atoms with Crippen LogP contribution in [0.4, 0.5) is 0 Å². The third kappa shape index (κ3) is 5.71. The Hall–Kier alpha value is -1.50. The van der Waals surface area contributed by atoms with E-state index in [9.17, 15) is 13.2 Å². The first kappa shape index (κ1) is 18.5. The van der Waals surface area contributed by atoms with Crippen molar-refractivity contribution in [2.45, 2.75) is 51.1 Å². The number of aryl methyl sites for hydroxylation is 1. The van der Waals surface area contributed by atoms with Crippen LogP contribution in [0.25, 0.3) is 0 Å². The van der Waals surface area contributed by atoms with Crippen LogP contribution in [0, 0.1) is 12.8 Å². The minimum Gasteiger partial charge on any atom is -0.468 e. The number of sulfone groups is 1. The van der Waals surface area contributed by atoms with Crippen molar-refractivity contribution >= 4 is 16.3 Å². The summed E-state index contributed by atoms with van der Waals surface area (Å²) in [7, 11) is -3.31. The van der Waals surface area contributed by atoms with Crippen LogP contribution in [0.2, 0.25) is 0 Å². The van der Waals surface area contributed by atoms with E-state index in [1.54, 1.807) is 6.92 Å². The van der Waals surface area contributed by atoms with Crippen molar-refractivity contribution in [3.63, 3.8) is 0 Å². The largest absolute Gasteiger partial charge is 0.468 e. The van der Waals surface area contributed by atoms with E-state index in [-0.39, 0.29) is 5.16 Å². The Morgan fingerprint density at radius 1 is 1.36 bits per heavy atom. The Balaban J connectivity index is 0.000000422. The molecule has 0 radical (unpaired) electrons. The lowest BCUT2D eigenvalue weighted by Crippen LogP contribution is -2.09. The lowest BCUT2D eigenvalue weighted by Gasteiger charge is -2.10. The molecule has 6 nitrogen and oxygen atoms in total. The molecule has 1 aromatic heterocycles. The monoisotopic (exact) mass is 328 g/mol. The lowest BCUT2D eigenvalue weighted by atomic mass is 10.0. The fraction of sp³-hybridized carbons (Fsp3) is 0.667. The Morgan fingerprint density at radius 2 is 2.05 bits per heavy atom. The van der Waals surface area contributed by atoms with Crippen LogP contribution in [0.3, 0.4) is 0 Å². The van der Waals surface area contributed by atoms with Gasteiger partial charge in [-0.25, -0.2) is 18.4 Å². The highest BCUT2D eigenvalue weighted by atomic mass is 32.2. The molecule has 1 fully saturated rings. The first-order chi connectivity index (χ1) is 10.3. The second kappa shape index (κ2) is 8.22. The fourth-order valence-corrected chi connectivity index (χ4v) is 3.06. The first-order valence-electron chi connectivity index (χ1n) is 7.38. The smallest absolute Gasteiger partial charge is 0.293 e. The van der Waals surface area contributed by atoms with Gasteiger partial charge in [-0.15, -0.1) is 0 Å². The number of carbonyl (C=O) groups excluding carboxylic acids is 1. The molecule has 1 saturated carbocycles. The van der Waals surface area contributed by atoms with Gasteiger partial charge in [-0.05, 0) is 38.7 Å². The van der Waals surface area contributed by atoms with Crippen molar-refractivity contribution in [2.75, 3.05) is 12.9 Å². The summed E-state index contributed by atoms with van der Waals surface area (Å²) in [6.07, 6.45) is 4.55. The van der Waals surface area contributed by atoms with E-state index in [4.69, 9.17) is 0 Å². The summed E-state index contributed by atoms with van der Waals surface area (Å²) < 4.78 is 27.1. The summed E-state index contributed by atoms with van der Waals surface area (Å²) in [6.45, 7) is 6.71. The average Bonchev–Trinajstić information content (AvgIpc) is 2.85. The normalized spacial score (nSPS) is 20.9. The average molecular weight is 328 g/mol. The van der Waals surface area contributed by atoms with Crippen molar-refractivity contribution in [1.82, 2.24) is 9.97 Å². The van der Waals surface area contributed by atoms with Crippen molar-refractivity contribution in [2.24, 2.45) is 5.92 Å². The molecule has 0 N–H and O–H groups in total. The minimum absolute atomic E-state index is 0.0351. The van der Waals surface area contributed by atoms with Crippen LogP contribution in [0.1, 0.15) is 50.4 Å². The molecule has 0 saturated heterocycles. The molecule has 0 spiro atoms. The molecular weight excluding hydrogens is 304 g/mol. The Kier molecular flexibility index (Phi) is 6.93. The molecule has 22 heavy (non-hydrogen) atoms. The van der Waals surface area contributed by atoms with Gasteiger partial charge in [0.1, 0.15) is 0 Å². The molecule has 7 heteroatoms. The topological polar surface area (TPSA) is 86.2 Å². The second-order valence-corrected chi connectivity index (χ2v) is 7.57. The summed E-state index contributed by atoms with van der Waals surface area (Å²) in [5.74, 6) is 1.10. The number of hydrogen-bond acceptors (Lipinski definition) is 6. The van der Waals surface area contributed by atoms with E-state index in [1.165, 1.54) is 6.42 Å². The van der Waals surface area contributed by atoms with Gasteiger partial charge in [-0.3, -0.25) is 4.79 Å². The van der Waals surface area contributed by atoms with E-state index < -0.39 is 9.84 Å². The van der Waals surface area contributed by atoms with Gasteiger partial charge in [0, 0.05) is 23.6 Å². The van der Waals surface area contributed by atoms with Crippen LogP contribution in [-0.2, 0) is 19.4 Å². The predicted octanol–water partition coefficient (Wildman–Crippen LogP) is 2.27. The summed E-state index contributed by atoms with van der Waals surface area (Å²) in [5, 5.41) is -0.0351. The van der Waals surface area contributed by atoms with Gasteiger partial charge in [-0.2, -0.15) is 0 Å². The minimum atomic E-state index is -3.31. The van der Waals surface area contributed by atoms with Crippen molar-refractivity contribution in [1.29, 1.82) is 0 Å². The Labute approximate surface area is 132 Å². The highest BCUT2D eigenvalue weighted by Gasteiger charge is 2.25. The van der Waals surface area contributed by atoms with Crippen molar-refractivity contribution in [3.05, 3.63) is 17.5 Å². The molecule has 1 aliphatic rings. The highest BCUT2D eigenvalue weighted by molar-refractivity contribution is 7.90. The van der Waals surface area contributed by atoms with Gasteiger partial charge in [0.2, 0.25) is 15.0 Å². The fourth-order valence-electron chi connectivity index (χ4n) is 2.48. The molecule has 124 valence electrons. The third-order valence-corrected chi connectivity index (χ3v) is 4.38. The number of nitrogens with zero attached hydrogens (tertiary/aromatic N) is 2. The molecule has 0 bridgehead atoms. The predicted molar refractivity (Wildman–Crippen MR) is 83.3 cm³/mol. The maximum absolute atomic E-state index is 11.5. The van der Waals surface area contributed by atoms with E-state index in [1.807, 2.05) is 13.0 Å². The van der Waals surface area contributed by atoms with Gasteiger partial charge in [0.15, 0.2) is 0 Å². The van der Waals surface area contributed by atoms with E-state index in [0.29, 0.717) is 24.9 Å². The van der Waals surface area contributed by atoms with Crippen LogP contribution >= 0.6 is 0 Å². The maximum atomic E-state index is 11.5. The van der Waals surface area contributed by atoms with Gasteiger partial charge in [0.25, 0.3) is 6.47 Å². The van der Waals surface area contributed by atoms with Gasteiger partial charge in [-0.1, -0.05) is 13.3 Å². The molecule has 0 unspecified atom stereocenters. The zero-order valence-electron chi connectivity index (χ0n) is 13.6. The summed E-state index contributed by atoms with van der Waals surface area (Å²) >= 11 is 0. The number of ether oxygens (including phenoxy) is 1. The molecule has 1 aliphatic carbocycles. The summed E-state index contributed by atoms with van der Waals surface area (Å²) in [5.41, 5.74) is 1.62. The quantitative estimate of drug-likeness (QED) is 0.622. The molecule has 1 heterocycles. The molecule has 2 atom stereocenters. The van der Waals surface area contributed by atoms with Crippen molar-refractivity contribution < 1.29 is 17.9 Å². The summed E-state index contributed by atoms with van der Waals surface area (Å²) in [4.78, 5) is 17.4. The third-order valence-electron chi connectivity index (χ3n) is 3.53. The number of aromatic nitrogens is 2. The molecule has 2 rings (SSSR count). The van der Waals surface area contributed by atoms with E-state index in [2.05, 4.69) is 21.6 Å². The summed E-state index contributed by atoms with van der Waals surface area (Å²) in [6, 6.07) is 1.91. The highest BCUT2D eigenvalue weighted by Crippen LogP contribution is 2.37. The van der Waals surface area contributed by atoms with Crippen molar-refractivity contribution in [3.8, 4) is 0 Å². The molecule has 0 amide bonds. The Morgan fingerprint density at radius 3 is 2.45 bits per heavy atom. The number of carbonyl (C=O) groups is 1. The van der Waals surface area contributed by atoms with Crippen LogP contribution in [0.5, 0.6) is 0 Å². The molecule has 0 aromatic carbocycles. The van der Waals surface area contributed by atoms with Crippen LogP contribution in [-0.4, -0.2) is 37.7 Å². The Bertz CT molecular complexity index is 602. The zero-order valence-corrected chi connectivity index (χ0v) is 14.4. The van der Waals surface area contributed by atoms with Crippen LogP contribution in [0.15, 0.2) is 11.2 Å². The molecule has 0 aliphatic heterocycles. The maximum Gasteiger partial charge on any atom is 0.293 e. The molecule has 1 aromatic rings. The van der Waals surface area contributed by atoms with Gasteiger partial charge >= 0.3 is 0 Å². The second-order valence-electron chi connectivity index (χ2n) is 5.66. The molecular formula is C15H24N2O4S. The van der Waals surface area contributed by atoms with Gasteiger partial charge < -0.3 is 4.74 Å². The standard InChI is InChI=1S/C12H18N2O2S.C3H6O2/c1-8-4-5-10(6-8)11-7-9(2)13-12(14-11)17(3,15)16;1-2-5-3-4/h7-8,10H,4-6H2,1-3H3;3H,2H2,1H3/t8-,10+;/m0./s1. The van der Waals surface area contributed by atoms with Crippen LogP contribution < -0.4 is 0 Å².